The number of aryl methyl sites for hydroxylation is 1. The second-order valence-electron chi connectivity index (χ2n) is 9.80. The van der Waals surface area contributed by atoms with Crippen LogP contribution >= 0.6 is 23.2 Å². The van der Waals surface area contributed by atoms with Crippen molar-refractivity contribution >= 4 is 50.9 Å². The van der Waals surface area contributed by atoms with Gasteiger partial charge in [-0.3, -0.25) is 14.8 Å². The van der Waals surface area contributed by atoms with Crippen molar-refractivity contribution < 1.29 is 14.2 Å². The Morgan fingerprint density at radius 2 is 1.82 bits per heavy atom. The number of halogens is 1. The maximum atomic E-state index is 12.2. The van der Waals surface area contributed by atoms with Gasteiger partial charge in [-0.1, -0.05) is 67.9 Å². The summed E-state index contributed by atoms with van der Waals surface area (Å²) >= 11 is 3.55. The lowest BCUT2D eigenvalue weighted by atomic mass is 10.2. The molecule has 0 amide bonds. The number of rotatable bonds is 9. The van der Waals surface area contributed by atoms with Crippen LogP contribution in [0.5, 0.6) is 11.5 Å². The molecule has 0 fully saturated rings. The van der Waals surface area contributed by atoms with Gasteiger partial charge in [0.05, 0.1) is 23.1 Å². The average Bonchev–Trinajstić information content (AvgIpc) is 3.22. The highest BCUT2D eigenvalue weighted by atomic mass is 79.9. The Labute approximate surface area is 231 Å². The molecule has 0 radical (unpaired) electrons. The van der Waals surface area contributed by atoms with Crippen molar-refractivity contribution in [2.75, 3.05) is 6.61 Å². The Hall–Kier alpha value is -3.16. The predicted molar refractivity (Wildman–Crippen MR) is 157 cm³/mol. The summed E-state index contributed by atoms with van der Waals surface area (Å²) in [7, 11) is -3.10. The molecule has 0 bridgehead atoms. The van der Waals surface area contributed by atoms with Crippen LogP contribution in [0.25, 0.3) is 10.9 Å². The van der Waals surface area contributed by atoms with Gasteiger partial charge < -0.3 is 9.26 Å². The first-order chi connectivity index (χ1) is 18.1. The molecule has 38 heavy (non-hydrogen) atoms. The maximum Gasteiger partial charge on any atom is 0.298 e. The standard InChI is InChI=1S/C28H32BrN4O4P/c1-6-17-32-27(23-13-8-9-14-24(23)30-32)38(28(3,4)5,37-22-12-10-11-20(29)18-22)31-25-16-15-21(36-7-2)19-26(25)33(34)35/h8-16,18-19H,6-7,17H2,1-5H3. The predicted octanol–water partition coefficient (Wildman–Crippen LogP) is 8.47. The van der Waals surface area contributed by atoms with E-state index in [0.29, 0.717) is 24.7 Å². The van der Waals surface area contributed by atoms with E-state index in [1.165, 1.54) is 6.07 Å². The Morgan fingerprint density at radius 1 is 1.05 bits per heavy atom. The van der Waals surface area contributed by atoms with Gasteiger partial charge in [-0.25, -0.2) is 4.74 Å². The summed E-state index contributed by atoms with van der Waals surface area (Å²) in [5.74, 6) is 1.04. The maximum absolute atomic E-state index is 12.2. The van der Waals surface area contributed by atoms with Crippen LogP contribution in [0.15, 0.2) is 75.9 Å². The molecule has 0 aliphatic carbocycles. The minimum absolute atomic E-state index is 0.131. The zero-order valence-corrected chi connectivity index (χ0v) is 24.7. The first-order valence-corrected chi connectivity index (χ1v) is 15.0. The second-order valence-corrected chi connectivity index (χ2v) is 14.0. The van der Waals surface area contributed by atoms with Crippen molar-refractivity contribution in [3.05, 3.63) is 81.3 Å². The van der Waals surface area contributed by atoms with E-state index in [1.807, 2.05) is 60.1 Å². The lowest BCUT2D eigenvalue weighted by Gasteiger charge is -2.37. The van der Waals surface area contributed by atoms with E-state index in [-0.39, 0.29) is 11.4 Å². The summed E-state index contributed by atoms with van der Waals surface area (Å²) in [5.41, 5.74) is 1.79. The SMILES string of the molecule is CCCn1nc2ccccc2c1P(=Nc1ccc(OCC)cc1[N+](=O)[O-])(Oc1cccc(Br)c1)C(C)(C)C. The van der Waals surface area contributed by atoms with E-state index in [0.717, 1.165) is 27.2 Å². The van der Waals surface area contributed by atoms with Gasteiger partial charge in [0, 0.05) is 21.6 Å². The fourth-order valence-corrected chi connectivity index (χ4v) is 7.96. The quantitative estimate of drug-likeness (QED) is 0.109. The molecule has 1 unspecified atom stereocenters. The molecule has 1 heterocycles. The molecule has 0 saturated heterocycles. The minimum atomic E-state index is -3.10. The number of ether oxygens (including phenoxy) is 1. The van der Waals surface area contributed by atoms with E-state index in [1.54, 1.807) is 12.1 Å². The highest BCUT2D eigenvalue weighted by Gasteiger charge is 2.43. The largest absolute Gasteiger partial charge is 0.494 e. The zero-order chi connectivity index (χ0) is 27.5. The molecule has 0 spiro atoms. The number of nitrogens with zero attached hydrogens (tertiary/aromatic N) is 4. The van der Waals surface area contributed by atoms with E-state index in [4.69, 9.17) is 19.1 Å². The topological polar surface area (TPSA) is 91.8 Å². The average molecular weight is 599 g/mol. The molecule has 0 N–H and O–H groups in total. The highest BCUT2D eigenvalue weighted by molar-refractivity contribution is 9.10. The molecule has 0 aliphatic heterocycles. The van der Waals surface area contributed by atoms with Gasteiger partial charge in [0.1, 0.15) is 22.6 Å². The van der Waals surface area contributed by atoms with Gasteiger partial charge >= 0.3 is 0 Å². The van der Waals surface area contributed by atoms with Crippen LogP contribution in [-0.4, -0.2) is 26.5 Å². The van der Waals surface area contributed by atoms with Crippen LogP contribution < -0.4 is 14.7 Å². The number of aromatic nitrogens is 2. The van der Waals surface area contributed by atoms with Gasteiger partial charge in [-0.05, 0) is 49.7 Å². The fraction of sp³-hybridized carbons (Fsp3) is 0.321. The molecule has 0 aliphatic rings. The lowest BCUT2D eigenvalue weighted by Crippen LogP contribution is -2.32. The Morgan fingerprint density at radius 3 is 2.47 bits per heavy atom. The van der Waals surface area contributed by atoms with Gasteiger partial charge in [0.2, 0.25) is 0 Å². The van der Waals surface area contributed by atoms with Crippen molar-refractivity contribution in [3.63, 3.8) is 0 Å². The molecule has 8 nitrogen and oxygen atoms in total. The number of benzene rings is 3. The first kappa shape index (κ1) is 27.9. The molecule has 3 aromatic carbocycles. The van der Waals surface area contributed by atoms with E-state index < -0.39 is 17.4 Å². The molecule has 200 valence electrons. The highest BCUT2D eigenvalue weighted by Crippen LogP contribution is 2.63. The van der Waals surface area contributed by atoms with E-state index in [2.05, 4.69) is 43.6 Å². The van der Waals surface area contributed by atoms with E-state index >= 15 is 0 Å². The van der Waals surface area contributed by atoms with Gasteiger partial charge in [-0.2, -0.15) is 5.10 Å². The molecule has 4 rings (SSSR count). The van der Waals surface area contributed by atoms with Crippen molar-refractivity contribution in [3.8, 4) is 11.5 Å². The fourth-order valence-electron chi connectivity index (χ4n) is 4.29. The minimum Gasteiger partial charge on any atom is -0.494 e. The Balaban J connectivity index is 2.15. The Bertz CT molecular complexity index is 1530. The summed E-state index contributed by atoms with van der Waals surface area (Å²) in [6.45, 7) is 11.2. The zero-order valence-electron chi connectivity index (χ0n) is 22.2. The molecular weight excluding hydrogens is 567 g/mol. The number of fused-ring (bicyclic) bond motifs is 1. The number of hydrogen-bond acceptors (Lipinski definition) is 6. The third-order valence-electron chi connectivity index (χ3n) is 5.99. The summed E-state index contributed by atoms with van der Waals surface area (Å²) in [6.07, 6.45) is 0.852. The van der Waals surface area contributed by atoms with Crippen LogP contribution in [-0.2, 0) is 6.54 Å². The first-order valence-electron chi connectivity index (χ1n) is 12.5. The van der Waals surface area contributed by atoms with Gasteiger partial charge in [0.25, 0.3) is 5.69 Å². The molecular formula is C28H32BrN4O4P. The Kier molecular flexibility index (Phi) is 8.28. The van der Waals surface area contributed by atoms with Gasteiger partial charge in [0.15, 0.2) is 7.28 Å². The molecule has 1 atom stereocenters. The molecule has 10 heteroatoms. The van der Waals surface area contributed by atoms with Crippen molar-refractivity contribution in [2.24, 2.45) is 4.74 Å². The van der Waals surface area contributed by atoms with E-state index in [9.17, 15) is 10.1 Å². The third-order valence-corrected chi connectivity index (χ3v) is 10.3. The molecule has 0 saturated carbocycles. The van der Waals surface area contributed by atoms with Crippen LogP contribution in [0.4, 0.5) is 11.4 Å². The van der Waals surface area contributed by atoms with Gasteiger partial charge in [-0.15, -0.1) is 0 Å². The van der Waals surface area contributed by atoms with Crippen molar-refractivity contribution in [1.82, 2.24) is 9.78 Å². The number of hydrogen-bond donors (Lipinski definition) is 0. The normalized spacial score (nSPS) is 13.2. The smallest absolute Gasteiger partial charge is 0.298 e. The monoisotopic (exact) mass is 598 g/mol. The van der Waals surface area contributed by atoms with Crippen LogP contribution in [0.2, 0.25) is 0 Å². The van der Waals surface area contributed by atoms with Crippen molar-refractivity contribution in [2.45, 2.75) is 52.7 Å². The van der Waals surface area contributed by atoms with Crippen LogP contribution in [0, 0.1) is 10.1 Å². The number of nitro benzene ring substituents is 1. The second kappa shape index (κ2) is 11.3. The summed E-state index contributed by atoms with van der Waals surface area (Å²) in [6, 6.07) is 20.3. The number of nitro groups is 1. The van der Waals surface area contributed by atoms with Crippen molar-refractivity contribution in [1.29, 1.82) is 0 Å². The summed E-state index contributed by atoms with van der Waals surface area (Å²) in [4.78, 5) is 11.8. The summed E-state index contributed by atoms with van der Waals surface area (Å²) in [5, 5.41) is 17.5. The summed E-state index contributed by atoms with van der Waals surface area (Å²) < 4.78 is 20.7. The van der Waals surface area contributed by atoms with Crippen LogP contribution in [0.3, 0.4) is 0 Å². The molecule has 1 aromatic heterocycles. The third kappa shape index (κ3) is 5.49. The molecule has 4 aromatic rings. The van der Waals surface area contributed by atoms with Crippen LogP contribution in [0.1, 0.15) is 41.0 Å². The lowest BCUT2D eigenvalue weighted by molar-refractivity contribution is -0.384.